The van der Waals surface area contributed by atoms with Gasteiger partial charge in [0.1, 0.15) is 0 Å². The summed E-state index contributed by atoms with van der Waals surface area (Å²) in [6.45, 7) is 0. The fourth-order valence-corrected chi connectivity index (χ4v) is 4.72. The number of carboxylic acids is 3. The molecule has 160 valence electrons. The minimum Gasteiger partial charge on any atom is -0.481 e. The Morgan fingerprint density at radius 2 is 1.87 bits per heavy atom. The Morgan fingerprint density at radius 3 is 2.45 bits per heavy atom. The maximum Gasteiger partial charge on any atom is 0.357 e. The first kappa shape index (κ1) is 22.4. The van der Waals surface area contributed by atoms with Crippen LogP contribution in [0, 0.1) is 11.8 Å². The predicted octanol–water partition coefficient (Wildman–Crippen LogP) is 2.74. The molecule has 2 atom stereocenters. The van der Waals surface area contributed by atoms with Crippen molar-refractivity contribution in [3.8, 4) is 5.69 Å². The zero-order chi connectivity index (χ0) is 22.7. The van der Waals surface area contributed by atoms with Crippen LogP contribution in [0.25, 0.3) is 11.8 Å². The first-order valence-corrected chi connectivity index (χ1v) is 10.2. The molecule has 0 bridgehead atoms. The van der Waals surface area contributed by atoms with Crippen LogP contribution in [0.5, 0.6) is 0 Å². The number of nitrogens with zero attached hydrogens (tertiary/aromatic N) is 2. The Bertz CT molecular complexity index is 1110. The molecule has 0 aliphatic carbocycles. The number of carboxylic acid groups (broad SMARTS) is 3. The van der Waals surface area contributed by atoms with Gasteiger partial charge in [-0.1, -0.05) is 42.2 Å². The third-order valence-electron chi connectivity index (χ3n) is 4.63. The fraction of sp³-hybridized carbons (Fsp3) is 0.200. The number of hydrogen-bond acceptors (Lipinski definition) is 7. The SMILES string of the molecule is O=C(O)CC[C@H](C(=O)O)[C@@H]1C(=O)/C(=C/c2cn(-c3ccccc3)nc2C(=O)O)SC1=S. The lowest BCUT2D eigenvalue weighted by molar-refractivity contribution is -0.145. The largest absolute Gasteiger partial charge is 0.481 e. The molecule has 9 nitrogen and oxygen atoms in total. The quantitative estimate of drug-likeness (QED) is 0.397. The van der Waals surface area contributed by atoms with E-state index < -0.39 is 41.9 Å². The van der Waals surface area contributed by atoms with Crippen LogP contribution in [0.3, 0.4) is 0 Å². The van der Waals surface area contributed by atoms with E-state index in [9.17, 15) is 29.4 Å². The Balaban J connectivity index is 1.95. The highest BCUT2D eigenvalue weighted by atomic mass is 32.2. The van der Waals surface area contributed by atoms with Gasteiger partial charge in [0.15, 0.2) is 11.5 Å². The molecule has 1 saturated heterocycles. The Labute approximate surface area is 185 Å². The van der Waals surface area contributed by atoms with Crippen LogP contribution in [0.1, 0.15) is 28.9 Å². The second-order valence-electron chi connectivity index (χ2n) is 6.67. The standard InChI is InChI=1S/C20H16N2O7S2/c23-14(24)7-6-12(18(26)27)15-17(25)13(31-20(15)30)8-10-9-22(21-16(10)19(28)29)11-4-2-1-3-5-11/h1-5,8-9,12,15H,6-7H2,(H,23,24)(H,26,27)(H,28,29)/b13-8-/t12-,15+/m0/s1. The molecule has 0 saturated carbocycles. The molecule has 1 aliphatic heterocycles. The summed E-state index contributed by atoms with van der Waals surface area (Å²) in [6, 6.07) is 8.79. The lowest BCUT2D eigenvalue weighted by Crippen LogP contribution is -2.31. The molecule has 1 aromatic carbocycles. The van der Waals surface area contributed by atoms with Crippen molar-refractivity contribution in [2.75, 3.05) is 0 Å². The number of hydrogen-bond donors (Lipinski definition) is 3. The van der Waals surface area contributed by atoms with Crippen molar-refractivity contribution in [3.05, 3.63) is 52.7 Å². The lowest BCUT2D eigenvalue weighted by atomic mass is 9.86. The summed E-state index contributed by atoms with van der Waals surface area (Å²) in [5.74, 6) is -6.80. The number of aromatic carboxylic acids is 1. The molecule has 1 aromatic heterocycles. The van der Waals surface area contributed by atoms with Gasteiger partial charge in [-0.2, -0.15) is 5.10 Å². The molecule has 0 spiro atoms. The number of carbonyl (C=O) groups excluding carboxylic acids is 1. The van der Waals surface area contributed by atoms with E-state index in [2.05, 4.69) is 5.10 Å². The molecule has 2 heterocycles. The number of aromatic nitrogens is 2. The average molecular weight is 460 g/mol. The van der Waals surface area contributed by atoms with Crippen LogP contribution < -0.4 is 0 Å². The molecule has 3 N–H and O–H groups in total. The van der Waals surface area contributed by atoms with Crippen LogP contribution in [0.15, 0.2) is 41.4 Å². The number of thiocarbonyl (C=S) groups is 1. The van der Waals surface area contributed by atoms with Gasteiger partial charge in [0.25, 0.3) is 0 Å². The number of para-hydroxylation sites is 1. The highest BCUT2D eigenvalue weighted by molar-refractivity contribution is 8.27. The fourth-order valence-electron chi connectivity index (χ4n) is 3.16. The smallest absolute Gasteiger partial charge is 0.357 e. The van der Waals surface area contributed by atoms with Crippen LogP contribution >= 0.6 is 24.0 Å². The molecule has 0 radical (unpaired) electrons. The van der Waals surface area contributed by atoms with Crippen LogP contribution in [0.4, 0.5) is 0 Å². The molecule has 0 amide bonds. The first-order chi connectivity index (χ1) is 14.7. The topological polar surface area (TPSA) is 147 Å². The zero-order valence-corrected chi connectivity index (χ0v) is 17.4. The van der Waals surface area contributed by atoms with E-state index in [4.69, 9.17) is 17.3 Å². The molecular formula is C20H16N2O7S2. The van der Waals surface area contributed by atoms with Gasteiger partial charge in [0.05, 0.1) is 26.6 Å². The summed E-state index contributed by atoms with van der Waals surface area (Å²) < 4.78 is 1.48. The number of ketones is 1. The average Bonchev–Trinajstić information content (AvgIpc) is 3.25. The summed E-state index contributed by atoms with van der Waals surface area (Å²) in [4.78, 5) is 47.1. The van der Waals surface area contributed by atoms with E-state index in [0.717, 1.165) is 11.8 Å². The Kier molecular flexibility index (Phi) is 6.66. The number of rotatable bonds is 8. The minimum atomic E-state index is -1.31. The zero-order valence-electron chi connectivity index (χ0n) is 15.8. The Morgan fingerprint density at radius 1 is 1.19 bits per heavy atom. The van der Waals surface area contributed by atoms with Gasteiger partial charge in [0.2, 0.25) is 0 Å². The van der Waals surface area contributed by atoms with Crippen LogP contribution in [0.2, 0.25) is 0 Å². The number of allylic oxidation sites excluding steroid dienone is 1. The third-order valence-corrected chi connectivity index (χ3v) is 6.13. The van der Waals surface area contributed by atoms with Crippen molar-refractivity contribution in [1.82, 2.24) is 9.78 Å². The van der Waals surface area contributed by atoms with Gasteiger partial charge in [-0.05, 0) is 24.6 Å². The van der Waals surface area contributed by atoms with Crippen molar-refractivity contribution in [2.24, 2.45) is 11.8 Å². The Hall–Kier alpha value is -3.31. The summed E-state index contributed by atoms with van der Waals surface area (Å²) in [7, 11) is 0. The van der Waals surface area contributed by atoms with Gasteiger partial charge in [-0.25, -0.2) is 9.48 Å². The van der Waals surface area contributed by atoms with Gasteiger partial charge in [-0.3, -0.25) is 14.4 Å². The number of benzene rings is 1. The van der Waals surface area contributed by atoms with Crippen molar-refractivity contribution in [1.29, 1.82) is 0 Å². The second-order valence-corrected chi connectivity index (χ2v) is 8.45. The molecule has 2 aromatic rings. The van der Waals surface area contributed by atoms with E-state index in [1.54, 1.807) is 30.3 Å². The van der Waals surface area contributed by atoms with Crippen LogP contribution in [-0.4, -0.2) is 53.0 Å². The molecule has 3 rings (SSSR count). The molecule has 11 heteroatoms. The van der Waals surface area contributed by atoms with E-state index in [0.29, 0.717) is 5.69 Å². The van der Waals surface area contributed by atoms with Gasteiger partial charge >= 0.3 is 17.9 Å². The normalized spacial score (nSPS) is 18.3. The third kappa shape index (κ3) is 4.89. The lowest BCUT2D eigenvalue weighted by Gasteiger charge is -2.16. The van der Waals surface area contributed by atoms with Crippen molar-refractivity contribution in [2.45, 2.75) is 12.8 Å². The monoisotopic (exact) mass is 460 g/mol. The predicted molar refractivity (Wildman–Crippen MR) is 115 cm³/mol. The van der Waals surface area contributed by atoms with Crippen molar-refractivity contribution >= 4 is 57.9 Å². The van der Waals surface area contributed by atoms with Crippen molar-refractivity contribution in [3.63, 3.8) is 0 Å². The summed E-state index contributed by atoms with van der Waals surface area (Å²) >= 11 is 6.09. The van der Waals surface area contributed by atoms with Crippen LogP contribution in [-0.2, 0) is 14.4 Å². The number of thioether (sulfide) groups is 1. The highest BCUT2D eigenvalue weighted by Gasteiger charge is 2.44. The number of carbonyl (C=O) groups is 4. The van der Waals surface area contributed by atoms with Gasteiger partial charge in [-0.15, -0.1) is 0 Å². The number of Topliss-reactive ketones (excluding diaryl/α,β-unsaturated/α-hetero) is 1. The molecule has 0 unspecified atom stereocenters. The highest BCUT2D eigenvalue weighted by Crippen LogP contribution is 2.41. The molecule has 31 heavy (non-hydrogen) atoms. The second kappa shape index (κ2) is 9.23. The maximum absolute atomic E-state index is 12.9. The van der Waals surface area contributed by atoms with Gasteiger partial charge in [0, 0.05) is 18.2 Å². The molecule has 1 fully saturated rings. The minimum absolute atomic E-state index is 0.0895. The van der Waals surface area contributed by atoms with Crippen molar-refractivity contribution < 1.29 is 34.5 Å². The summed E-state index contributed by atoms with van der Waals surface area (Å²) in [5, 5.41) is 31.9. The van der Waals surface area contributed by atoms with E-state index in [1.807, 2.05) is 0 Å². The van der Waals surface area contributed by atoms with E-state index in [-0.39, 0.29) is 26.8 Å². The van der Waals surface area contributed by atoms with E-state index in [1.165, 1.54) is 17.0 Å². The number of aliphatic carboxylic acids is 2. The summed E-state index contributed by atoms with van der Waals surface area (Å²) in [5.41, 5.74) is 0.501. The molecule has 1 aliphatic rings. The maximum atomic E-state index is 12.9. The van der Waals surface area contributed by atoms with E-state index >= 15 is 0 Å². The first-order valence-electron chi connectivity index (χ1n) is 8.99. The summed E-state index contributed by atoms with van der Waals surface area (Å²) in [6.07, 6.45) is 2.11. The van der Waals surface area contributed by atoms with Gasteiger partial charge < -0.3 is 15.3 Å². The molecular weight excluding hydrogens is 444 g/mol.